The van der Waals surface area contributed by atoms with Crippen molar-refractivity contribution in [3.8, 4) is 0 Å². The minimum absolute atomic E-state index is 0.0749. The summed E-state index contributed by atoms with van der Waals surface area (Å²) in [7, 11) is 0. The van der Waals surface area contributed by atoms with Gasteiger partial charge in [-0.15, -0.1) is 0 Å². The van der Waals surface area contributed by atoms with Crippen LogP contribution in [0, 0.1) is 13.8 Å². The number of nitrogens with one attached hydrogen (secondary N) is 2. The second-order valence-electron chi connectivity index (χ2n) is 4.98. The number of hydrogen-bond acceptors (Lipinski definition) is 4. The molecule has 1 fully saturated rings. The van der Waals surface area contributed by atoms with E-state index >= 15 is 0 Å². The molecule has 1 aliphatic heterocycles. The Labute approximate surface area is 107 Å². The minimum Gasteiger partial charge on any atom is -0.363 e. The molecule has 2 rings (SSSR count). The lowest BCUT2D eigenvalue weighted by Crippen LogP contribution is -2.59. The third-order valence-corrected chi connectivity index (χ3v) is 3.05. The van der Waals surface area contributed by atoms with Gasteiger partial charge in [0.1, 0.15) is 6.61 Å². The maximum Gasteiger partial charge on any atom is 0.250 e. The van der Waals surface area contributed by atoms with Crippen LogP contribution < -0.4 is 10.6 Å². The highest BCUT2D eigenvalue weighted by molar-refractivity contribution is 5.92. The van der Waals surface area contributed by atoms with Crippen LogP contribution in [0.4, 0.5) is 5.69 Å². The first-order valence-electron chi connectivity index (χ1n) is 6.07. The van der Waals surface area contributed by atoms with Gasteiger partial charge in [-0.3, -0.25) is 9.78 Å². The molecule has 1 aromatic rings. The van der Waals surface area contributed by atoms with E-state index in [1.54, 1.807) is 0 Å². The van der Waals surface area contributed by atoms with Crippen LogP contribution in [0.15, 0.2) is 12.1 Å². The van der Waals surface area contributed by atoms with E-state index in [0.29, 0.717) is 0 Å². The predicted octanol–water partition coefficient (Wildman–Crippen LogP) is 1.02. The van der Waals surface area contributed by atoms with Crippen LogP contribution in [0.25, 0.3) is 0 Å². The second-order valence-corrected chi connectivity index (χ2v) is 4.98. The highest BCUT2D eigenvalue weighted by Gasteiger charge is 2.33. The van der Waals surface area contributed by atoms with E-state index in [1.807, 2.05) is 32.9 Å². The summed E-state index contributed by atoms with van der Waals surface area (Å²) >= 11 is 0. The third kappa shape index (κ3) is 3.05. The zero-order valence-corrected chi connectivity index (χ0v) is 11.0. The SMILES string of the molecule is Cc1ccc(NC(=O)COC2(C)CNC2)c(C)n1. The molecule has 5 nitrogen and oxygen atoms in total. The zero-order chi connectivity index (χ0) is 13.2. The number of carbonyl (C=O) groups is 1. The third-order valence-electron chi connectivity index (χ3n) is 3.05. The van der Waals surface area contributed by atoms with Gasteiger partial charge in [-0.1, -0.05) is 0 Å². The smallest absolute Gasteiger partial charge is 0.250 e. The Hall–Kier alpha value is -1.46. The van der Waals surface area contributed by atoms with E-state index in [0.717, 1.165) is 30.2 Å². The van der Waals surface area contributed by atoms with Crippen LogP contribution in [-0.2, 0) is 9.53 Å². The Morgan fingerprint density at radius 2 is 2.22 bits per heavy atom. The summed E-state index contributed by atoms with van der Waals surface area (Å²) in [5.74, 6) is -0.142. The van der Waals surface area contributed by atoms with E-state index in [-0.39, 0.29) is 18.1 Å². The Morgan fingerprint density at radius 3 is 2.78 bits per heavy atom. The molecule has 2 heterocycles. The van der Waals surface area contributed by atoms with Crippen LogP contribution in [0.1, 0.15) is 18.3 Å². The van der Waals surface area contributed by atoms with Gasteiger partial charge in [0.05, 0.1) is 17.0 Å². The normalized spacial score (nSPS) is 17.1. The lowest BCUT2D eigenvalue weighted by atomic mass is 10.0. The fraction of sp³-hybridized carbons (Fsp3) is 0.538. The summed E-state index contributed by atoms with van der Waals surface area (Å²) in [5, 5.41) is 5.94. The van der Waals surface area contributed by atoms with Gasteiger partial charge in [-0.2, -0.15) is 0 Å². The van der Waals surface area contributed by atoms with Gasteiger partial charge in [0.25, 0.3) is 0 Å². The topological polar surface area (TPSA) is 63.2 Å². The molecular weight excluding hydrogens is 230 g/mol. The molecule has 1 amide bonds. The molecule has 0 radical (unpaired) electrons. The maximum absolute atomic E-state index is 11.8. The van der Waals surface area contributed by atoms with E-state index in [4.69, 9.17) is 4.74 Å². The van der Waals surface area contributed by atoms with Crippen molar-refractivity contribution in [3.05, 3.63) is 23.5 Å². The molecular formula is C13H19N3O2. The van der Waals surface area contributed by atoms with Crippen LogP contribution >= 0.6 is 0 Å². The average molecular weight is 249 g/mol. The van der Waals surface area contributed by atoms with Gasteiger partial charge >= 0.3 is 0 Å². The van der Waals surface area contributed by atoms with Crippen LogP contribution in [0.3, 0.4) is 0 Å². The van der Waals surface area contributed by atoms with Gasteiger partial charge in [-0.05, 0) is 32.9 Å². The van der Waals surface area contributed by atoms with Gasteiger partial charge in [0.2, 0.25) is 5.91 Å². The van der Waals surface area contributed by atoms with Crippen LogP contribution in [0.5, 0.6) is 0 Å². The number of nitrogens with zero attached hydrogens (tertiary/aromatic N) is 1. The quantitative estimate of drug-likeness (QED) is 0.836. The minimum atomic E-state index is -0.197. The maximum atomic E-state index is 11.8. The standard InChI is InChI=1S/C13H19N3O2/c1-9-4-5-11(10(2)15-9)16-12(17)6-18-13(3)7-14-8-13/h4-5,14H,6-8H2,1-3H3,(H,16,17). The summed E-state index contributed by atoms with van der Waals surface area (Å²) in [6.07, 6.45) is 0. The first-order valence-corrected chi connectivity index (χ1v) is 6.07. The van der Waals surface area contributed by atoms with Gasteiger partial charge in [-0.25, -0.2) is 0 Å². The number of aryl methyl sites for hydroxylation is 2. The van der Waals surface area contributed by atoms with Gasteiger partial charge in [0.15, 0.2) is 0 Å². The number of anilines is 1. The molecule has 1 saturated heterocycles. The number of ether oxygens (including phenoxy) is 1. The van der Waals surface area contributed by atoms with Crippen LogP contribution in [0.2, 0.25) is 0 Å². The average Bonchev–Trinajstić information content (AvgIpc) is 2.28. The monoisotopic (exact) mass is 249 g/mol. The Balaban J connectivity index is 1.87. The highest BCUT2D eigenvalue weighted by Crippen LogP contribution is 2.16. The molecule has 18 heavy (non-hydrogen) atoms. The van der Waals surface area contributed by atoms with Crippen molar-refractivity contribution < 1.29 is 9.53 Å². The zero-order valence-electron chi connectivity index (χ0n) is 11.0. The van der Waals surface area contributed by atoms with Crippen LogP contribution in [-0.4, -0.2) is 36.2 Å². The summed E-state index contributed by atoms with van der Waals surface area (Å²) in [5.41, 5.74) is 2.30. The summed E-state index contributed by atoms with van der Waals surface area (Å²) in [6, 6.07) is 3.74. The van der Waals surface area contributed by atoms with Crippen molar-refractivity contribution in [1.29, 1.82) is 0 Å². The first-order chi connectivity index (χ1) is 8.48. The molecule has 0 bridgehead atoms. The molecule has 5 heteroatoms. The van der Waals surface area contributed by atoms with E-state index in [2.05, 4.69) is 15.6 Å². The molecule has 98 valence electrons. The van der Waals surface area contributed by atoms with Crippen molar-refractivity contribution in [2.75, 3.05) is 25.0 Å². The number of pyridine rings is 1. The number of aromatic nitrogens is 1. The lowest BCUT2D eigenvalue weighted by molar-refractivity contribution is -0.130. The van der Waals surface area contributed by atoms with E-state index in [1.165, 1.54) is 0 Å². The van der Waals surface area contributed by atoms with Crippen molar-refractivity contribution in [1.82, 2.24) is 10.3 Å². The largest absolute Gasteiger partial charge is 0.363 e. The van der Waals surface area contributed by atoms with E-state index < -0.39 is 0 Å². The molecule has 0 unspecified atom stereocenters. The first kappa shape index (κ1) is 13.0. The highest BCUT2D eigenvalue weighted by atomic mass is 16.5. The molecule has 0 spiro atoms. The molecule has 0 aliphatic carbocycles. The number of hydrogen-bond donors (Lipinski definition) is 2. The molecule has 0 aromatic carbocycles. The molecule has 1 aromatic heterocycles. The Kier molecular flexibility index (Phi) is 3.63. The van der Waals surface area contributed by atoms with Crippen molar-refractivity contribution >= 4 is 11.6 Å². The lowest BCUT2D eigenvalue weighted by Gasteiger charge is -2.38. The Bertz CT molecular complexity index is 456. The number of amides is 1. The van der Waals surface area contributed by atoms with Gasteiger partial charge in [0, 0.05) is 18.8 Å². The molecule has 0 atom stereocenters. The summed E-state index contributed by atoms with van der Waals surface area (Å²) in [4.78, 5) is 16.0. The molecule has 0 saturated carbocycles. The molecule has 2 N–H and O–H groups in total. The number of carbonyl (C=O) groups excluding carboxylic acids is 1. The summed E-state index contributed by atoms with van der Waals surface area (Å²) in [6.45, 7) is 7.46. The fourth-order valence-corrected chi connectivity index (χ4v) is 1.82. The van der Waals surface area contributed by atoms with Crippen molar-refractivity contribution in [3.63, 3.8) is 0 Å². The summed E-state index contributed by atoms with van der Waals surface area (Å²) < 4.78 is 5.57. The second kappa shape index (κ2) is 5.04. The Morgan fingerprint density at radius 1 is 1.50 bits per heavy atom. The van der Waals surface area contributed by atoms with Crippen molar-refractivity contribution in [2.24, 2.45) is 0 Å². The fourth-order valence-electron chi connectivity index (χ4n) is 1.82. The number of rotatable bonds is 4. The predicted molar refractivity (Wildman–Crippen MR) is 69.6 cm³/mol. The molecule has 1 aliphatic rings. The van der Waals surface area contributed by atoms with Gasteiger partial charge < -0.3 is 15.4 Å². The van der Waals surface area contributed by atoms with Crippen molar-refractivity contribution in [2.45, 2.75) is 26.4 Å². The van der Waals surface area contributed by atoms with E-state index in [9.17, 15) is 4.79 Å².